The molecule has 0 unspecified atom stereocenters. The summed E-state index contributed by atoms with van der Waals surface area (Å²) in [7, 11) is 0. The lowest BCUT2D eigenvalue weighted by Gasteiger charge is -2.04. The number of aryl methyl sites for hydroxylation is 3. The number of hydrogen-bond acceptors (Lipinski definition) is 4. The summed E-state index contributed by atoms with van der Waals surface area (Å²) in [5.41, 5.74) is 1.89. The van der Waals surface area contributed by atoms with Crippen LogP contribution in [0, 0.1) is 20.8 Å². The summed E-state index contributed by atoms with van der Waals surface area (Å²) in [5, 5.41) is 6.46. The Morgan fingerprint density at radius 1 is 1.29 bits per heavy atom. The Kier molecular flexibility index (Phi) is 2.91. The number of nitrogens with one attached hydrogen (secondary N) is 1. The van der Waals surface area contributed by atoms with Gasteiger partial charge in [0.15, 0.2) is 0 Å². The van der Waals surface area contributed by atoms with Gasteiger partial charge in [-0.25, -0.2) is 4.98 Å². The van der Waals surface area contributed by atoms with Crippen molar-refractivity contribution in [1.29, 1.82) is 0 Å². The molecule has 5 nitrogen and oxygen atoms in total. The van der Waals surface area contributed by atoms with Crippen molar-refractivity contribution in [2.75, 3.05) is 5.32 Å². The third-order valence-corrected chi connectivity index (χ3v) is 2.39. The second kappa shape index (κ2) is 4.37. The Morgan fingerprint density at radius 2 is 2.06 bits per heavy atom. The van der Waals surface area contributed by atoms with E-state index >= 15 is 0 Å². The van der Waals surface area contributed by atoms with E-state index < -0.39 is 0 Å². The van der Waals surface area contributed by atoms with Gasteiger partial charge in [0.05, 0.1) is 5.69 Å². The van der Waals surface area contributed by atoms with Crippen LogP contribution in [0.4, 0.5) is 5.82 Å². The number of nitrogens with zero attached hydrogens (tertiary/aromatic N) is 2. The van der Waals surface area contributed by atoms with Gasteiger partial charge < -0.3 is 9.84 Å². The Bertz CT molecular complexity index is 541. The number of carbonyl (C=O) groups excluding carboxylic acids is 1. The molecule has 0 aliphatic carbocycles. The highest BCUT2D eigenvalue weighted by Gasteiger charge is 2.17. The van der Waals surface area contributed by atoms with Crippen LogP contribution in [0.2, 0.25) is 0 Å². The average Bonchev–Trinajstić information content (AvgIpc) is 2.58. The predicted molar refractivity (Wildman–Crippen MR) is 62.9 cm³/mol. The van der Waals surface area contributed by atoms with Crippen LogP contribution >= 0.6 is 0 Å². The number of amides is 1. The number of rotatable bonds is 2. The molecule has 0 radical (unpaired) electrons. The van der Waals surface area contributed by atoms with Crippen molar-refractivity contribution in [3.8, 4) is 0 Å². The molecule has 2 rings (SSSR count). The third-order valence-electron chi connectivity index (χ3n) is 2.39. The van der Waals surface area contributed by atoms with Gasteiger partial charge in [-0.1, -0.05) is 11.2 Å². The highest BCUT2D eigenvalue weighted by molar-refractivity contribution is 6.05. The van der Waals surface area contributed by atoms with Crippen LogP contribution in [0.15, 0.2) is 22.7 Å². The summed E-state index contributed by atoms with van der Waals surface area (Å²) in [6, 6.07) is 5.44. The molecule has 0 bridgehead atoms. The minimum Gasteiger partial charge on any atom is -0.361 e. The maximum Gasteiger partial charge on any atom is 0.262 e. The lowest BCUT2D eigenvalue weighted by Crippen LogP contribution is -2.14. The van der Waals surface area contributed by atoms with Gasteiger partial charge in [0.1, 0.15) is 17.1 Å². The Morgan fingerprint density at radius 3 is 2.65 bits per heavy atom. The van der Waals surface area contributed by atoms with Crippen molar-refractivity contribution in [1.82, 2.24) is 10.1 Å². The summed E-state index contributed by atoms with van der Waals surface area (Å²) in [6.45, 7) is 5.30. The molecule has 0 aliphatic rings. The largest absolute Gasteiger partial charge is 0.361 e. The second-order valence-electron chi connectivity index (χ2n) is 3.82. The predicted octanol–water partition coefficient (Wildman–Crippen LogP) is 2.25. The summed E-state index contributed by atoms with van der Waals surface area (Å²) in [5.74, 6) is 0.780. The molecule has 0 atom stereocenters. The molecule has 1 N–H and O–H groups in total. The van der Waals surface area contributed by atoms with Gasteiger partial charge in [-0.2, -0.15) is 0 Å². The SMILES string of the molecule is Cc1cccc(NC(=O)c2c(C)noc2C)n1. The highest BCUT2D eigenvalue weighted by atomic mass is 16.5. The lowest BCUT2D eigenvalue weighted by atomic mass is 10.2. The van der Waals surface area contributed by atoms with Crippen LogP contribution in [0.1, 0.15) is 27.5 Å². The van der Waals surface area contributed by atoms with E-state index in [-0.39, 0.29) is 5.91 Å². The van der Waals surface area contributed by atoms with Gasteiger partial charge in [0.25, 0.3) is 5.91 Å². The first-order valence-corrected chi connectivity index (χ1v) is 5.26. The summed E-state index contributed by atoms with van der Waals surface area (Å²) >= 11 is 0. The summed E-state index contributed by atoms with van der Waals surface area (Å²) in [6.07, 6.45) is 0. The van der Waals surface area contributed by atoms with E-state index in [9.17, 15) is 4.79 Å². The molecule has 0 spiro atoms. The quantitative estimate of drug-likeness (QED) is 0.860. The van der Waals surface area contributed by atoms with Crippen molar-refractivity contribution in [3.63, 3.8) is 0 Å². The van der Waals surface area contributed by atoms with Crippen LogP contribution in [0.3, 0.4) is 0 Å². The Labute approximate surface area is 98.8 Å². The first kappa shape index (κ1) is 11.3. The number of pyridine rings is 1. The molecule has 1 amide bonds. The van der Waals surface area contributed by atoms with Crippen LogP contribution in [0.25, 0.3) is 0 Å². The Balaban J connectivity index is 2.23. The zero-order valence-electron chi connectivity index (χ0n) is 9.94. The Hall–Kier alpha value is -2.17. The molecular formula is C12H13N3O2. The van der Waals surface area contributed by atoms with Crippen LogP contribution in [0.5, 0.6) is 0 Å². The fraction of sp³-hybridized carbons (Fsp3) is 0.250. The first-order chi connectivity index (χ1) is 8.08. The fourth-order valence-corrected chi connectivity index (χ4v) is 1.60. The molecule has 17 heavy (non-hydrogen) atoms. The van der Waals surface area contributed by atoms with Gasteiger partial charge >= 0.3 is 0 Å². The monoisotopic (exact) mass is 231 g/mol. The van der Waals surface area contributed by atoms with E-state index in [0.717, 1.165) is 5.69 Å². The van der Waals surface area contributed by atoms with E-state index in [2.05, 4.69) is 15.5 Å². The van der Waals surface area contributed by atoms with Crippen molar-refractivity contribution in [3.05, 3.63) is 40.9 Å². The number of hydrogen-bond donors (Lipinski definition) is 1. The topological polar surface area (TPSA) is 68.0 Å². The highest BCUT2D eigenvalue weighted by Crippen LogP contribution is 2.14. The van der Waals surface area contributed by atoms with Crippen LogP contribution < -0.4 is 5.32 Å². The van der Waals surface area contributed by atoms with Crippen LogP contribution in [-0.2, 0) is 0 Å². The summed E-state index contributed by atoms with van der Waals surface area (Å²) in [4.78, 5) is 16.2. The van der Waals surface area contributed by atoms with E-state index in [1.165, 1.54) is 0 Å². The molecule has 88 valence electrons. The number of carbonyl (C=O) groups is 1. The number of aromatic nitrogens is 2. The molecule has 0 saturated carbocycles. The van der Waals surface area contributed by atoms with Crippen molar-refractivity contribution < 1.29 is 9.32 Å². The standard InChI is InChI=1S/C12H13N3O2/c1-7-5-4-6-10(13-7)14-12(16)11-8(2)15-17-9(11)3/h4-6H,1-3H3,(H,13,14,16). The van der Waals surface area contributed by atoms with Gasteiger partial charge in [0.2, 0.25) is 0 Å². The molecule has 0 aromatic carbocycles. The van der Waals surface area contributed by atoms with E-state index in [1.54, 1.807) is 19.9 Å². The molecule has 0 fully saturated rings. The van der Waals surface area contributed by atoms with E-state index in [0.29, 0.717) is 22.8 Å². The van der Waals surface area contributed by atoms with Crippen molar-refractivity contribution in [2.45, 2.75) is 20.8 Å². The number of anilines is 1. The lowest BCUT2D eigenvalue weighted by molar-refractivity contribution is 0.102. The normalized spacial score (nSPS) is 10.3. The maximum atomic E-state index is 12.0. The zero-order chi connectivity index (χ0) is 12.4. The van der Waals surface area contributed by atoms with Crippen molar-refractivity contribution in [2.24, 2.45) is 0 Å². The fourth-order valence-electron chi connectivity index (χ4n) is 1.60. The second-order valence-corrected chi connectivity index (χ2v) is 3.82. The molecule has 2 aromatic rings. The minimum atomic E-state index is -0.251. The van der Waals surface area contributed by atoms with Gasteiger partial charge in [-0.3, -0.25) is 4.79 Å². The molecule has 2 heterocycles. The van der Waals surface area contributed by atoms with E-state index in [4.69, 9.17) is 4.52 Å². The molecule has 0 saturated heterocycles. The van der Waals surface area contributed by atoms with Gasteiger partial charge in [0, 0.05) is 5.69 Å². The maximum absolute atomic E-state index is 12.0. The minimum absolute atomic E-state index is 0.251. The molecule has 0 aliphatic heterocycles. The molecule has 2 aromatic heterocycles. The smallest absolute Gasteiger partial charge is 0.262 e. The summed E-state index contributed by atoms with van der Waals surface area (Å²) < 4.78 is 4.95. The third kappa shape index (κ3) is 2.33. The van der Waals surface area contributed by atoms with Gasteiger partial charge in [-0.05, 0) is 32.9 Å². The molecular weight excluding hydrogens is 218 g/mol. The first-order valence-electron chi connectivity index (χ1n) is 5.26. The van der Waals surface area contributed by atoms with Crippen LogP contribution in [-0.4, -0.2) is 16.0 Å². The van der Waals surface area contributed by atoms with Gasteiger partial charge in [-0.15, -0.1) is 0 Å². The average molecular weight is 231 g/mol. The van der Waals surface area contributed by atoms with Crippen molar-refractivity contribution >= 4 is 11.7 Å². The van der Waals surface area contributed by atoms with E-state index in [1.807, 2.05) is 19.1 Å². The molecule has 5 heteroatoms. The zero-order valence-corrected chi connectivity index (χ0v) is 9.94.